The number of carbonyl (C=O) groups excluding carboxylic acids is 2. The topological polar surface area (TPSA) is 55.8 Å². The number of carbonyl (C=O) groups is 2. The predicted molar refractivity (Wildman–Crippen MR) is 122 cm³/mol. The van der Waals surface area contributed by atoms with Crippen LogP contribution in [0, 0.1) is 23.2 Å². The normalized spacial score (nSPS) is 31.2. The van der Waals surface area contributed by atoms with Crippen LogP contribution in [0.1, 0.15) is 50.0 Å². The van der Waals surface area contributed by atoms with Gasteiger partial charge in [0.15, 0.2) is 0 Å². The summed E-state index contributed by atoms with van der Waals surface area (Å²) in [5.41, 5.74) is 1.76. The van der Waals surface area contributed by atoms with Gasteiger partial charge in [0.2, 0.25) is 0 Å². The van der Waals surface area contributed by atoms with Gasteiger partial charge in [-0.25, -0.2) is 9.59 Å². The van der Waals surface area contributed by atoms with Gasteiger partial charge >= 0.3 is 11.9 Å². The van der Waals surface area contributed by atoms with Gasteiger partial charge in [0.05, 0.1) is 31.3 Å². The van der Waals surface area contributed by atoms with Gasteiger partial charge in [0.1, 0.15) is 0 Å². The quantitative estimate of drug-likeness (QED) is 0.580. The van der Waals surface area contributed by atoms with E-state index in [9.17, 15) is 9.59 Å². The molecule has 1 aromatic carbocycles. The van der Waals surface area contributed by atoms with Crippen molar-refractivity contribution in [3.63, 3.8) is 0 Å². The van der Waals surface area contributed by atoms with E-state index in [0.717, 1.165) is 24.3 Å². The van der Waals surface area contributed by atoms with Crippen LogP contribution in [0.5, 0.6) is 0 Å². The lowest BCUT2D eigenvalue weighted by atomic mass is 9.49. The zero-order chi connectivity index (χ0) is 22.5. The molecule has 0 unspecified atom stereocenters. The molecule has 0 aromatic heterocycles. The SMILES string of the molecule is COC(=O)C1=CN(CC23CC4CC(CC(C4)C2)C3)C=C(C(=O)OC)C1c1ccccc1Cl. The number of hydrogen-bond donors (Lipinski definition) is 0. The number of benzene rings is 1. The molecule has 4 bridgehead atoms. The van der Waals surface area contributed by atoms with Gasteiger partial charge in [0.25, 0.3) is 0 Å². The molecule has 6 heteroatoms. The molecule has 170 valence electrons. The van der Waals surface area contributed by atoms with Crippen LogP contribution >= 0.6 is 11.6 Å². The highest BCUT2D eigenvalue weighted by Gasteiger charge is 2.51. The van der Waals surface area contributed by atoms with Gasteiger partial charge in [-0.3, -0.25) is 0 Å². The standard InChI is InChI=1S/C26H30ClNO4/c1-31-24(29)20-13-28(15-26-10-16-7-17(11-26)9-18(8-16)12-26)14-21(25(30)32-2)23(20)19-5-3-4-6-22(19)27/h3-6,13-14,16-18,23H,7-12,15H2,1-2H3. The highest BCUT2D eigenvalue weighted by Crippen LogP contribution is 2.60. The van der Waals surface area contributed by atoms with Crippen LogP contribution in [0.25, 0.3) is 0 Å². The maximum atomic E-state index is 12.9. The summed E-state index contributed by atoms with van der Waals surface area (Å²) >= 11 is 6.49. The fourth-order valence-corrected chi connectivity index (χ4v) is 7.54. The minimum absolute atomic E-state index is 0.251. The minimum Gasteiger partial charge on any atom is -0.466 e. The summed E-state index contributed by atoms with van der Waals surface area (Å²) in [6.45, 7) is 0.812. The molecule has 0 radical (unpaired) electrons. The molecule has 4 fully saturated rings. The first kappa shape index (κ1) is 21.6. The number of halogens is 1. The van der Waals surface area contributed by atoms with Crippen LogP contribution in [0.4, 0.5) is 0 Å². The first-order valence-electron chi connectivity index (χ1n) is 11.5. The second-order valence-electron chi connectivity index (χ2n) is 10.2. The number of esters is 2. The average Bonchev–Trinajstić information content (AvgIpc) is 2.77. The molecule has 0 atom stereocenters. The minimum atomic E-state index is -0.629. The second-order valence-corrected chi connectivity index (χ2v) is 10.6. The maximum absolute atomic E-state index is 12.9. The van der Waals surface area contributed by atoms with Gasteiger partial charge in [-0.05, 0) is 73.3 Å². The van der Waals surface area contributed by atoms with Crippen LogP contribution < -0.4 is 0 Å². The molecule has 6 rings (SSSR count). The van der Waals surface area contributed by atoms with Gasteiger partial charge < -0.3 is 14.4 Å². The van der Waals surface area contributed by atoms with E-state index in [2.05, 4.69) is 0 Å². The molecule has 1 aliphatic heterocycles. The summed E-state index contributed by atoms with van der Waals surface area (Å²) in [6.07, 6.45) is 11.6. The molecule has 0 spiro atoms. The maximum Gasteiger partial charge on any atom is 0.336 e. The molecule has 5 aliphatic rings. The van der Waals surface area contributed by atoms with E-state index in [1.807, 2.05) is 35.5 Å². The van der Waals surface area contributed by atoms with Gasteiger partial charge in [-0.15, -0.1) is 0 Å². The summed E-state index contributed by atoms with van der Waals surface area (Å²) in [7, 11) is 2.73. The van der Waals surface area contributed by atoms with Gasteiger partial charge in [0, 0.05) is 24.0 Å². The Kier molecular flexibility index (Phi) is 5.56. The van der Waals surface area contributed by atoms with Crippen molar-refractivity contribution in [1.29, 1.82) is 0 Å². The Bertz CT molecular complexity index is 928. The lowest BCUT2D eigenvalue weighted by Crippen LogP contribution is -2.50. The molecule has 1 aromatic rings. The fraction of sp³-hybridized carbons (Fsp3) is 0.538. The third-order valence-corrected chi connectivity index (χ3v) is 8.32. The molecule has 32 heavy (non-hydrogen) atoms. The number of hydrogen-bond acceptors (Lipinski definition) is 5. The zero-order valence-electron chi connectivity index (χ0n) is 18.7. The van der Waals surface area contributed by atoms with E-state index >= 15 is 0 Å². The molecular weight excluding hydrogens is 426 g/mol. The summed E-state index contributed by atoms with van der Waals surface area (Å²) < 4.78 is 10.3. The van der Waals surface area contributed by atoms with Crippen molar-refractivity contribution in [3.8, 4) is 0 Å². The highest BCUT2D eigenvalue weighted by molar-refractivity contribution is 6.31. The van der Waals surface area contributed by atoms with Crippen molar-refractivity contribution in [1.82, 2.24) is 4.90 Å². The lowest BCUT2D eigenvalue weighted by molar-refractivity contribution is -0.137. The summed E-state index contributed by atoms with van der Waals surface area (Å²) in [4.78, 5) is 27.8. The molecule has 1 heterocycles. The van der Waals surface area contributed by atoms with Crippen molar-refractivity contribution in [2.75, 3.05) is 20.8 Å². The molecule has 0 amide bonds. The first-order chi connectivity index (χ1) is 15.4. The zero-order valence-corrected chi connectivity index (χ0v) is 19.4. The van der Waals surface area contributed by atoms with E-state index in [0.29, 0.717) is 21.7 Å². The van der Waals surface area contributed by atoms with Crippen LogP contribution in [-0.2, 0) is 19.1 Å². The van der Waals surface area contributed by atoms with E-state index < -0.39 is 17.9 Å². The molecule has 4 aliphatic carbocycles. The van der Waals surface area contributed by atoms with Crippen molar-refractivity contribution >= 4 is 23.5 Å². The van der Waals surface area contributed by atoms with Crippen molar-refractivity contribution in [2.45, 2.75) is 44.4 Å². The van der Waals surface area contributed by atoms with Crippen molar-refractivity contribution in [3.05, 3.63) is 58.4 Å². The second kappa shape index (κ2) is 8.26. The third-order valence-electron chi connectivity index (χ3n) is 7.97. The predicted octanol–water partition coefficient (Wildman–Crippen LogP) is 5.07. The third kappa shape index (κ3) is 3.75. The van der Waals surface area contributed by atoms with Crippen molar-refractivity contribution < 1.29 is 19.1 Å². The number of methoxy groups -OCH3 is 2. The number of nitrogens with zero attached hydrogens (tertiary/aromatic N) is 1. The Labute approximate surface area is 194 Å². The molecular formula is C26H30ClNO4. The van der Waals surface area contributed by atoms with Gasteiger partial charge in [-0.2, -0.15) is 0 Å². The monoisotopic (exact) mass is 455 g/mol. The van der Waals surface area contributed by atoms with Crippen LogP contribution in [0.2, 0.25) is 5.02 Å². The highest BCUT2D eigenvalue weighted by atomic mass is 35.5. The molecule has 0 N–H and O–H groups in total. The summed E-state index contributed by atoms with van der Waals surface area (Å²) in [6, 6.07) is 7.29. The Hall–Kier alpha value is -2.27. The molecule has 5 nitrogen and oxygen atoms in total. The molecule has 4 saturated carbocycles. The fourth-order valence-electron chi connectivity index (χ4n) is 7.29. The average molecular weight is 456 g/mol. The Morgan fingerprint density at radius 3 is 1.91 bits per heavy atom. The van der Waals surface area contributed by atoms with Crippen molar-refractivity contribution in [2.24, 2.45) is 23.2 Å². The molecule has 0 saturated heterocycles. The number of rotatable bonds is 5. The Morgan fingerprint density at radius 1 is 0.938 bits per heavy atom. The Balaban J connectivity index is 1.53. The summed E-state index contributed by atoms with van der Waals surface area (Å²) in [5.74, 6) is 0.941. The van der Waals surface area contributed by atoms with Gasteiger partial charge in [-0.1, -0.05) is 29.8 Å². The Morgan fingerprint density at radius 2 is 1.44 bits per heavy atom. The lowest BCUT2D eigenvalue weighted by Gasteiger charge is -2.57. The van der Waals surface area contributed by atoms with E-state index in [4.69, 9.17) is 21.1 Å². The van der Waals surface area contributed by atoms with Crippen LogP contribution in [0.15, 0.2) is 47.8 Å². The first-order valence-corrected chi connectivity index (χ1v) is 11.9. The largest absolute Gasteiger partial charge is 0.466 e. The smallest absolute Gasteiger partial charge is 0.336 e. The van der Waals surface area contributed by atoms with E-state index in [1.165, 1.54) is 52.7 Å². The van der Waals surface area contributed by atoms with E-state index in [1.54, 1.807) is 6.07 Å². The van der Waals surface area contributed by atoms with Crippen LogP contribution in [0.3, 0.4) is 0 Å². The number of ether oxygens (including phenoxy) is 2. The van der Waals surface area contributed by atoms with E-state index in [-0.39, 0.29) is 5.41 Å². The summed E-state index contributed by atoms with van der Waals surface area (Å²) in [5, 5.41) is 0.497. The van der Waals surface area contributed by atoms with Crippen LogP contribution in [-0.4, -0.2) is 37.6 Å².